The van der Waals surface area contributed by atoms with Gasteiger partial charge in [0.1, 0.15) is 0 Å². The quantitative estimate of drug-likeness (QED) is 0.719. The molecular weight excluding hydrogens is 308 g/mol. The molecule has 0 aliphatic rings. The molecule has 0 aliphatic heterocycles. The minimum Gasteiger partial charge on any atom is -0.316 e. The molecule has 21 heavy (non-hydrogen) atoms. The van der Waals surface area contributed by atoms with Crippen LogP contribution < -0.4 is 10.0 Å². The fraction of sp³-hybridized carbons (Fsp3) is 0.600. The Hall–Kier alpha value is -0.620. The number of benzene rings is 1. The lowest BCUT2D eigenvalue weighted by Crippen LogP contribution is -2.31. The van der Waals surface area contributed by atoms with Gasteiger partial charge in [0.2, 0.25) is 10.0 Å². The van der Waals surface area contributed by atoms with E-state index in [2.05, 4.69) is 30.8 Å². The lowest BCUT2D eigenvalue weighted by atomic mass is 9.82. The lowest BCUT2D eigenvalue weighted by Gasteiger charge is -2.23. The van der Waals surface area contributed by atoms with Gasteiger partial charge in [0, 0.05) is 13.1 Å². The van der Waals surface area contributed by atoms with E-state index in [0.717, 1.165) is 18.5 Å². The molecule has 0 radical (unpaired) electrons. The highest BCUT2D eigenvalue weighted by molar-refractivity contribution is 7.89. The Morgan fingerprint density at radius 3 is 2.10 bits per heavy atom. The predicted octanol–water partition coefficient (Wildman–Crippen LogP) is 2.68. The van der Waals surface area contributed by atoms with Crippen molar-refractivity contribution in [1.82, 2.24) is 10.0 Å². The maximum atomic E-state index is 12.1. The zero-order valence-electron chi connectivity index (χ0n) is 13.3. The van der Waals surface area contributed by atoms with E-state index >= 15 is 0 Å². The molecule has 1 aromatic rings. The number of hydrogen-bond donors (Lipinski definition) is 2. The number of hydrogen-bond acceptors (Lipinski definition) is 3. The fourth-order valence-electron chi connectivity index (χ4n) is 1.82. The van der Waals surface area contributed by atoms with Gasteiger partial charge in [0.25, 0.3) is 0 Å². The zero-order valence-corrected chi connectivity index (χ0v) is 14.9. The van der Waals surface area contributed by atoms with E-state index in [1.54, 1.807) is 12.1 Å². The van der Waals surface area contributed by atoms with Crippen molar-refractivity contribution in [2.45, 2.75) is 44.4 Å². The Bertz CT molecular complexity index is 513. The summed E-state index contributed by atoms with van der Waals surface area (Å²) in [7, 11) is -3.40. The van der Waals surface area contributed by atoms with Crippen molar-refractivity contribution in [3.8, 4) is 0 Å². The molecule has 0 atom stereocenters. The van der Waals surface area contributed by atoms with Crippen LogP contribution in [0.2, 0.25) is 0 Å². The van der Waals surface area contributed by atoms with E-state index < -0.39 is 10.0 Å². The topological polar surface area (TPSA) is 58.2 Å². The molecule has 0 unspecified atom stereocenters. The van der Waals surface area contributed by atoms with Gasteiger partial charge in [-0.15, -0.1) is 12.4 Å². The largest absolute Gasteiger partial charge is 0.316 e. The van der Waals surface area contributed by atoms with Gasteiger partial charge in [0.05, 0.1) is 4.90 Å². The third kappa shape index (κ3) is 5.94. The first kappa shape index (κ1) is 20.4. The van der Waals surface area contributed by atoms with Gasteiger partial charge in [-0.05, 0) is 36.1 Å². The Morgan fingerprint density at radius 2 is 1.62 bits per heavy atom. The number of sulfonamides is 1. The molecule has 0 saturated heterocycles. The summed E-state index contributed by atoms with van der Waals surface area (Å²) < 4.78 is 26.8. The van der Waals surface area contributed by atoms with Crippen LogP contribution in [0.3, 0.4) is 0 Å². The van der Waals surface area contributed by atoms with Crippen LogP contribution in [-0.4, -0.2) is 28.1 Å². The minimum absolute atomic E-state index is 0. The summed E-state index contributed by atoms with van der Waals surface area (Å²) in [5.41, 5.74) is 1.23. The molecule has 0 saturated carbocycles. The SMILES string of the molecule is CCNCCNS(=O)(=O)c1ccc(C(C)(C)CC)cc1.Cl. The highest BCUT2D eigenvalue weighted by Gasteiger charge is 2.19. The van der Waals surface area contributed by atoms with E-state index in [1.165, 1.54) is 0 Å². The second-order valence-corrected chi connectivity index (χ2v) is 7.28. The van der Waals surface area contributed by atoms with E-state index in [0.29, 0.717) is 18.0 Å². The average Bonchev–Trinajstić information content (AvgIpc) is 2.44. The van der Waals surface area contributed by atoms with Crippen molar-refractivity contribution in [2.75, 3.05) is 19.6 Å². The second-order valence-electron chi connectivity index (χ2n) is 5.51. The van der Waals surface area contributed by atoms with Crippen molar-refractivity contribution in [2.24, 2.45) is 0 Å². The average molecular weight is 335 g/mol. The van der Waals surface area contributed by atoms with Gasteiger partial charge in [-0.25, -0.2) is 13.1 Å². The molecule has 0 fully saturated rings. The van der Waals surface area contributed by atoms with Gasteiger partial charge in [-0.1, -0.05) is 39.8 Å². The van der Waals surface area contributed by atoms with Crippen LogP contribution in [0.1, 0.15) is 39.7 Å². The summed E-state index contributed by atoms with van der Waals surface area (Å²) in [4.78, 5) is 0.324. The Balaban J connectivity index is 0.00000400. The smallest absolute Gasteiger partial charge is 0.240 e. The van der Waals surface area contributed by atoms with E-state index in [-0.39, 0.29) is 17.8 Å². The predicted molar refractivity (Wildman–Crippen MR) is 90.7 cm³/mol. The molecule has 6 heteroatoms. The zero-order chi connectivity index (χ0) is 15.2. The molecule has 4 nitrogen and oxygen atoms in total. The van der Waals surface area contributed by atoms with Crippen LogP contribution in [-0.2, 0) is 15.4 Å². The highest BCUT2D eigenvalue weighted by atomic mass is 35.5. The summed E-state index contributed by atoms with van der Waals surface area (Å²) in [6, 6.07) is 7.18. The normalized spacial score (nSPS) is 12.0. The second kappa shape index (κ2) is 8.73. The van der Waals surface area contributed by atoms with Gasteiger partial charge >= 0.3 is 0 Å². The summed E-state index contributed by atoms with van der Waals surface area (Å²) in [5.74, 6) is 0. The Morgan fingerprint density at radius 1 is 1.05 bits per heavy atom. The molecule has 0 spiro atoms. The first-order valence-electron chi connectivity index (χ1n) is 7.14. The number of rotatable bonds is 8. The van der Waals surface area contributed by atoms with Crippen molar-refractivity contribution >= 4 is 22.4 Å². The molecule has 0 bridgehead atoms. The standard InChI is InChI=1S/C15H26N2O2S.ClH/c1-5-15(3,4)13-7-9-14(10-8-13)20(18,19)17-12-11-16-6-2;/h7-10,16-17H,5-6,11-12H2,1-4H3;1H. The number of halogens is 1. The van der Waals surface area contributed by atoms with E-state index in [4.69, 9.17) is 0 Å². The van der Waals surface area contributed by atoms with Crippen molar-refractivity contribution < 1.29 is 8.42 Å². The minimum atomic E-state index is -3.40. The van der Waals surface area contributed by atoms with Crippen LogP contribution in [0.4, 0.5) is 0 Å². The van der Waals surface area contributed by atoms with Crippen LogP contribution in [0.25, 0.3) is 0 Å². The molecule has 122 valence electrons. The van der Waals surface area contributed by atoms with Crippen LogP contribution in [0.5, 0.6) is 0 Å². The molecule has 0 amide bonds. The van der Waals surface area contributed by atoms with Gasteiger partial charge in [0.15, 0.2) is 0 Å². The van der Waals surface area contributed by atoms with Crippen LogP contribution in [0, 0.1) is 0 Å². The van der Waals surface area contributed by atoms with Gasteiger partial charge in [-0.3, -0.25) is 0 Å². The maximum Gasteiger partial charge on any atom is 0.240 e. The molecule has 0 aromatic heterocycles. The van der Waals surface area contributed by atoms with Crippen molar-refractivity contribution in [3.05, 3.63) is 29.8 Å². The van der Waals surface area contributed by atoms with Crippen molar-refractivity contribution in [3.63, 3.8) is 0 Å². The molecular formula is C15H27ClN2O2S. The first-order chi connectivity index (χ1) is 9.33. The molecule has 1 aromatic carbocycles. The van der Waals surface area contributed by atoms with Crippen LogP contribution in [0.15, 0.2) is 29.2 Å². The third-order valence-electron chi connectivity index (χ3n) is 3.67. The lowest BCUT2D eigenvalue weighted by molar-refractivity contribution is 0.505. The van der Waals surface area contributed by atoms with E-state index in [9.17, 15) is 8.42 Å². The van der Waals surface area contributed by atoms with Gasteiger partial charge < -0.3 is 5.32 Å². The molecule has 0 heterocycles. The Kier molecular flexibility index (Phi) is 8.48. The highest BCUT2D eigenvalue weighted by Crippen LogP contribution is 2.27. The Labute approximate surface area is 135 Å². The van der Waals surface area contributed by atoms with E-state index in [1.807, 2.05) is 19.1 Å². The van der Waals surface area contributed by atoms with Gasteiger partial charge in [-0.2, -0.15) is 0 Å². The summed E-state index contributed by atoms with van der Waals surface area (Å²) in [6.45, 7) is 10.3. The van der Waals surface area contributed by atoms with Crippen LogP contribution >= 0.6 is 12.4 Å². The summed E-state index contributed by atoms with van der Waals surface area (Å²) in [6.07, 6.45) is 1.01. The fourth-order valence-corrected chi connectivity index (χ4v) is 2.86. The first-order valence-corrected chi connectivity index (χ1v) is 8.62. The third-order valence-corrected chi connectivity index (χ3v) is 5.15. The summed E-state index contributed by atoms with van der Waals surface area (Å²) in [5, 5.41) is 3.08. The number of likely N-dealkylation sites (N-methyl/N-ethyl adjacent to an activating group) is 1. The summed E-state index contributed by atoms with van der Waals surface area (Å²) >= 11 is 0. The molecule has 0 aliphatic carbocycles. The van der Waals surface area contributed by atoms with Crippen molar-refractivity contribution in [1.29, 1.82) is 0 Å². The monoisotopic (exact) mass is 334 g/mol. The number of nitrogens with one attached hydrogen (secondary N) is 2. The molecule has 1 rings (SSSR count). The molecule has 2 N–H and O–H groups in total. The maximum absolute atomic E-state index is 12.1.